The molecule has 3 aliphatic rings. The summed E-state index contributed by atoms with van der Waals surface area (Å²) < 4.78 is 0. The predicted molar refractivity (Wildman–Crippen MR) is 146 cm³/mol. The van der Waals surface area contributed by atoms with Crippen LogP contribution in [-0.4, -0.2) is 62.0 Å². The highest BCUT2D eigenvalue weighted by atomic mass is 16.2. The summed E-state index contributed by atoms with van der Waals surface area (Å²) in [6.07, 6.45) is 1.65. The highest BCUT2D eigenvalue weighted by Gasteiger charge is 2.42. The second-order valence-corrected chi connectivity index (χ2v) is 9.63. The molecule has 2 aromatic carbocycles. The van der Waals surface area contributed by atoms with Crippen LogP contribution in [0.15, 0.2) is 82.7 Å². The lowest BCUT2D eigenvalue weighted by Crippen LogP contribution is -2.44. The number of rotatable bonds is 5. The fraction of sp³-hybridized carbons (Fsp3) is 0.250. The molecular formula is C28H28N8O2. The molecule has 0 saturated carbocycles. The van der Waals surface area contributed by atoms with Gasteiger partial charge in [0.2, 0.25) is 0 Å². The van der Waals surface area contributed by atoms with Crippen molar-refractivity contribution in [3.05, 3.63) is 89.1 Å². The number of urea groups is 1. The first-order chi connectivity index (χ1) is 18.5. The molecule has 6 rings (SSSR count). The third-order valence-corrected chi connectivity index (χ3v) is 7.18. The Hall–Kier alpha value is -4.57. The van der Waals surface area contributed by atoms with Gasteiger partial charge < -0.3 is 15.1 Å². The van der Waals surface area contributed by atoms with Crippen LogP contribution in [0.2, 0.25) is 0 Å². The normalized spacial score (nSPS) is 18.4. The summed E-state index contributed by atoms with van der Waals surface area (Å²) in [7, 11) is 3.83. The second kappa shape index (κ2) is 9.71. The zero-order chi connectivity index (χ0) is 26.2. The van der Waals surface area contributed by atoms with Crippen molar-refractivity contribution in [2.45, 2.75) is 6.04 Å². The van der Waals surface area contributed by atoms with Crippen molar-refractivity contribution in [2.75, 3.05) is 55.5 Å². The molecule has 10 heteroatoms. The van der Waals surface area contributed by atoms with Crippen molar-refractivity contribution in [1.82, 2.24) is 15.3 Å². The van der Waals surface area contributed by atoms with Gasteiger partial charge in [0.15, 0.2) is 5.78 Å². The van der Waals surface area contributed by atoms with Gasteiger partial charge in [-0.25, -0.2) is 15.2 Å². The van der Waals surface area contributed by atoms with Crippen LogP contribution in [0.3, 0.4) is 0 Å². The molecule has 2 amide bonds. The maximum Gasteiger partial charge on any atom is 0.338 e. The Morgan fingerprint density at radius 3 is 2.53 bits per heavy atom. The standard InChI is InChI=1S/C28H28N8O2/c1-34-14-16-36(17-15-34)19-11-9-18(10-12-19)25-24-26(32-31-25)20-6-5-7-21(23(20)27(24)37)30-28(38)33-35(2)22-8-3-4-13-29-22/h3-13,26H,14-17H2,1-2H3,(H2,30,33,38). The molecule has 2 N–H and O–H groups in total. The average Bonchev–Trinajstić information content (AvgIpc) is 3.50. The fourth-order valence-electron chi connectivity index (χ4n) is 5.12. The van der Waals surface area contributed by atoms with Gasteiger partial charge in [0.25, 0.3) is 0 Å². The van der Waals surface area contributed by atoms with Gasteiger partial charge in [0.1, 0.15) is 17.6 Å². The minimum atomic E-state index is -0.480. The molecule has 1 atom stereocenters. The molecule has 0 bridgehead atoms. The first-order valence-electron chi connectivity index (χ1n) is 12.6. The molecule has 1 fully saturated rings. The fourth-order valence-corrected chi connectivity index (χ4v) is 5.12. The Morgan fingerprint density at radius 1 is 1.00 bits per heavy atom. The number of hydrogen-bond donors (Lipinski definition) is 2. The van der Waals surface area contributed by atoms with E-state index in [1.807, 2.05) is 30.3 Å². The summed E-state index contributed by atoms with van der Waals surface area (Å²) in [4.78, 5) is 35.3. The number of benzene rings is 2. The number of likely N-dealkylation sites (N-methyl/N-ethyl adjacent to an activating group) is 1. The molecule has 3 heterocycles. The molecule has 10 nitrogen and oxygen atoms in total. The predicted octanol–water partition coefficient (Wildman–Crippen LogP) is 4.12. The van der Waals surface area contributed by atoms with E-state index in [9.17, 15) is 9.59 Å². The third-order valence-electron chi connectivity index (χ3n) is 7.18. The van der Waals surface area contributed by atoms with Gasteiger partial charge in [-0.1, -0.05) is 30.3 Å². The Kier molecular flexibility index (Phi) is 6.09. The van der Waals surface area contributed by atoms with Crippen molar-refractivity contribution in [2.24, 2.45) is 10.2 Å². The molecule has 0 spiro atoms. The minimum absolute atomic E-state index is 0.165. The number of amides is 2. The zero-order valence-electron chi connectivity index (χ0n) is 21.3. The number of carbonyl (C=O) groups is 2. The Balaban J connectivity index is 1.22. The molecule has 1 saturated heterocycles. The number of anilines is 3. The highest BCUT2D eigenvalue weighted by Crippen LogP contribution is 2.49. The van der Waals surface area contributed by atoms with E-state index in [-0.39, 0.29) is 5.78 Å². The lowest BCUT2D eigenvalue weighted by atomic mass is 10.0. The highest BCUT2D eigenvalue weighted by molar-refractivity contribution is 6.22. The van der Waals surface area contributed by atoms with Crippen LogP contribution in [0.25, 0.3) is 5.70 Å². The van der Waals surface area contributed by atoms with Gasteiger partial charge in [0, 0.05) is 50.7 Å². The number of aromatic nitrogens is 1. The van der Waals surface area contributed by atoms with Crippen LogP contribution in [0.5, 0.6) is 0 Å². The monoisotopic (exact) mass is 508 g/mol. The van der Waals surface area contributed by atoms with Crippen LogP contribution in [-0.2, 0) is 0 Å². The lowest BCUT2D eigenvalue weighted by molar-refractivity contribution is 0.103. The molecule has 2 aliphatic heterocycles. The van der Waals surface area contributed by atoms with Gasteiger partial charge in [-0.15, -0.1) is 0 Å². The quantitative estimate of drug-likeness (QED) is 0.503. The van der Waals surface area contributed by atoms with Crippen molar-refractivity contribution in [3.63, 3.8) is 0 Å². The number of piperazine rings is 1. The van der Waals surface area contributed by atoms with Gasteiger partial charge in [0.05, 0.1) is 16.8 Å². The summed E-state index contributed by atoms with van der Waals surface area (Å²) in [5, 5.41) is 13.2. The molecule has 1 aromatic heterocycles. The zero-order valence-corrected chi connectivity index (χ0v) is 21.3. The molecule has 192 valence electrons. The van der Waals surface area contributed by atoms with Crippen molar-refractivity contribution in [3.8, 4) is 0 Å². The van der Waals surface area contributed by atoms with E-state index in [4.69, 9.17) is 0 Å². The number of nitrogens with one attached hydrogen (secondary N) is 2. The first kappa shape index (κ1) is 23.8. The summed E-state index contributed by atoms with van der Waals surface area (Å²) in [5.41, 5.74) is 7.50. The number of azo groups is 1. The van der Waals surface area contributed by atoms with E-state index in [2.05, 4.69) is 54.9 Å². The molecule has 38 heavy (non-hydrogen) atoms. The first-order valence-corrected chi connectivity index (χ1v) is 12.6. The average molecular weight is 509 g/mol. The van der Waals surface area contributed by atoms with E-state index >= 15 is 0 Å². The van der Waals surface area contributed by atoms with Gasteiger partial charge in [-0.05, 0) is 42.9 Å². The second-order valence-electron chi connectivity index (χ2n) is 9.63. The van der Waals surface area contributed by atoms with E-state index < -0.39 is 12.1 Å². The third kappa shape index (κ3) is 4.28. The number of hydrogen-bond acceptors (Lipinski definition) is 8. The number of Topliss-reactive ketones (excluding diaryl/α,β-unsaturated/α-hetero) is 1. The minimum Gasteiger partial charge on any atom is -0.369 e. The Morgan fingerprint density at radius 2 is 1.79 bits per heavy atom. The summed E-state index contributed by atoms with van der Waals surface area (Å²) in [6.45, 7) is 4.04. The topological polar surface area (TPSA) is 106 Å². The number of hydrazine groups is 1. The largest absolute Gasteiger partial charge is 0.369 e. The van der Waals surface area contributed by atoms with Crippen LogP contribution in [0.4, 0.5) is 22.0 Å². The van der Waals surface area contributed by atoms with Crippen LogP contribution < -0.4 is 20.7 Å². The maximum absolute atomic E-state index is 13.7. The SMILES string of the molecule is CN1CCN(c2ccc(C3=C4C(=O)c5c(NC(=O)NN(C)c6ccccn6)cccc5C4N=N3)cc2)CC1. The number of ketones is 1. The van der Waals surface area contributed by atoms with Gasteiger partial charge in [-0.3, -0.25) is 9.80 Å². The molecular weight excluding hydrogens is 480 g/mol. The maximum atomic E-state index is 13.7. The van der Waals surface area contributed by atoms with Crippen molar-refractivity contribution < 1.29 is 9.59 Å². The molecule has 0 radical (unpaired) electrons. The van der Waals surface area contributed by atoms with E-state index in [1.165, 1.54) is 5.01 Å². The lowest BCUT2D eigenvalue weighted by Gasteiger charge is -2.34. The number of fused-ring (bicyclic) bond motifs is 3. The van der Waals surface area contributed by atoms with E-state index in [0.29, 0.717) is 28.3 Å². The molecule has 3 aromatic rings. The van der Waals surface area contributed by atoms with Crippen LogP contribution in [0, 0.1) is 0 Å². The number of carbonyl (C=O) groups excluding carboxylic acids is 2. The van der Waals surface area contributed by atoms with Crippen molar-refractivity contribution >= 4 is 34.7 Å². The van der Waals surface area contributed by atoms with E-state index in [0.717, 1.165) is 43.0 Å². The van der Waals surface area contributed by atoms with Crippen LogP contribution in [0.1, 0.15) is 27.5 Å². The summed E-state index contributed by atoms with van der Waals surface area (Å²) in [6, 6.07) is 18.0. The Labute approximate surface area is 220 Å². The van der Waals surface area contributed by atoms with Gasteiger partial charge in [-0.2, -0.15) is 10.2 Å². The Bertz CT molecular complexity index is 1440. The number of nitrogens with zero attached hydrogens (tertiary/aromatic N) is 6. The van der Waals surface area contributed by atoms with E-state index in [1.54, 1.807) is 31.4 Å². The smallest absolute Gasteiger partial charge is 0.338 e. The number of pyridine rings is 1. The molecule has 1 aliphatic carbocycles. The summed E-state index contributed by atoms with van der Waals surface area (Å²) >= 11 is 0. The van der Waals surface area contributed by atoms with Gasteiger partial charge >= 0.3 is 6.03 Å². The molecule has 1 unspecified atom stereocenters. The summed E-state index contributed by atoms with van der Waals surface area (Å²) in [5.74, 6) is 0.419. The van der Waals surface area contributed by atoms with Crippen LogP contribution >= 0.6 is 0 Å². The van der Waals surface area contributed by atoms with Crippen molar-refractivity contribution in [1.29, 1.82) is 0 Å².